The molecule has 5 nitrogen and oxygen atoms in total. The first kappa shape index (κ1) is 10.3. The number of H-pyrrole nitrogens is 1. The molecule has 1 heterocycles. The van der Waals surface area contributed by atoms with E-state index < -0.39 is 12.0 Å². The van der Waals surface area contributed by atoms with Crippen molar-refractivity contribution in [3.63, 3.8) is 0 Å². The smallest absolute Gasteiger partial charge is 0.326 e. The number of carboxylic acids is 1. The van der Waals surface area contributed by atoms with Crippen molar-refractivity contribution in [1.82, 2.24) is 15.3 Å². The second kappa shape index (κ2) is 5.06. The van der Waals surface area contributed by atoms with Crippen LogP contribution in [0.4, 0.5) is 0 Å². The minimum absolute atomic E-state index is 0.389. The van der Waals surface area contributed by atoms with E-state index in [9.17, 15) is 4.79 Å². The molecule has 1 aromatic heterocycles. The molecule has 0 saturated carbocycles. The van der Waals surface area contributed by atoms with Crippen molar-refractivity contribution in [1.29, 1.82) is 0 Å². The standard InChI is InChI=1S/C9H13N3O2/c1-2-3-11-8(9(13)14)4-7-5-10-6-12-7/h2-3,5-6,8,11H,4H2,1H3,(H,10,12)(H,13,14)/t8-/m0/s1. The molecule has 0 aliphatic heterocycles. The maximum atomic E-state index is 10.8. The van der Waals surface area contributed by atoms with Gasteiger partial charge in [-0.2, -0.15) is 0 Å². The van der Waals surface area contributed by atoms with Crippen LogP contribution < -0.4 is 5.32 Å². The summed E-state index contributed by atoms with van der Waals surface area (Å²) in [6, 6.07) is -0.619. The van der Waals surface area contributed by atoms with Gasteiger partial charge in [0.15, 0.2) is 0 Å². The zero-order valence-corrected chi connectivity index (χ0v) is 7.90. The van der Waals surface area contributed by atoms with Crippen LogP contribution in [0.15, 0.2) is 24.8 Å². The molecule has 0 unspecified atom stereocenters. The van der Waals surface area contributed by atoms with Gasteiger partial charge in [0.1, 0.15) is 6.04 Å². The number of carbonyl (C=O) groups is 1. The van der Waals surface area contributed by atoms with Gasteiger partial charge in [0.05, 0.1) is 6.33 Å². The molecule has 0 aromatic carbocycles. The Labute approximate surface area is 81.9 Å². The Morgan fingerprint density at radius 1 is 1.86 bits per heavy atom. The summed E-state index contributed by atoms with van der Waals surface area (Å²) in [5.74, 6) is -0.877. The fourth-order valence-electron chi connectivity index (χ4n) is 1.05. The van der Waals surface area contributed by atoms with Gasteiger partial charge < -0.3 is 15.4 Å². The summed E-state index contributed by atoms with van der Waals surface area (Å²) >= 11 is 0. The molecule has 0 amide bonds. The Hall–Kier alpha value is -1.78. The van der Waals surface area contributed by atoms with E-state index in [4.69, 9.17) is 5.11 Å². The van der Waals surface area contributed by atoms with Gasteiger partial charge in [-0.3, -0.25) is 0 Å². The van der Waals surface area contributed by atoms with Crippen molar-refractivity contribution in [3.8, 4) is 0 Å². The summed E-state index contributed by atoms with van der Waals surface area (Å²) < 4.78 is 0. The fourth-order valence-corrected chi connectivity index (χ4v) is 1.05. The van der Waals surface area contributed by atoms with Crippen LogP contribution in [0.3, 0.4) is 0 Å². The molecular weight excluding hydrogens is 182 g/mol. The maximum absolute atomic E-state index is 10.8. The molecule has 0 radical (unpaired) electrons. The van der Waals surface area contributed by atoms with E-state index in [1.54, 1.807) is 18.5 Å². The van der Waals surface area contributed by atoms with Crippen LogP contribution in [0, 0.1) is 0 Å². The molecule has 14 heavy (non-hydrogen) atoms. The summed E-state index contributed by atoms with van der Waals surface area (Å²) in [4.78, 5) is 17.5. The summed E-state index contributed by atoms with van der Waals surface area (Å²) in [7, 11) is 0. The van der Waals surface area contributed by atoms with Crippen LogP contribution in [0.2, 0.25) is 0 Å². The molecule has 76 valence electrons. The molecule has 0 aliphatic rings. The molecular formula is C9H13N3O2. The number of imidazole rings is 1. The van der Waals surface area contributed by atoms with Crippen LogP contribution in [-0.2, 0) is 11.2 Å². The van der Waals surface area contributed by atoms with E-state index in [1.165, 1.54) is 6.33 Å². The van der Waals surface area contributed by atoms with Gasteiger partial charge >= 0.3 is 5.97 Å². The van der Waals surface area contributed by atoms with Gasteiger partial charge in [-0.25, -0.2) is 9.78 Å². The van der Waals surface area contributed by atoms with Crippen LogP contribution >= 0.6 is 0 Å². The first-order valence-electron chi connectivity index (χ1n) is 4.31. The largest absolute Gasteiger partial charge is 0.480 e. The van der Waals surface area contributed by atoms with Crippen molar-refractivity contribution in [3.05, 3.63) is 30.5 Å². The number of nitrogens with zero attached hydrogens (tertiary/aromatic N) is 1. The Balaban J connectivity index is 2.56. The van der Waals surface area contributed by atoms with Gasteiger partial charge in [-0.05, 0) is 13.1 Å². The number of nitrogens with one attached hydrogen (secondary N) is 2. The zero-order chi connectivity index (χ0) is 10.4. The molecule has 3 N–H and O–H groups in total. The Morgan fingerprint density at radius 2 is 2.64 bits per heavy atom. The van der Waals surface area contributed by atoms with Gasteiger partial charge in [-0.15, -0.1) is 0 Å². The Bertz CT molecular complexity index is 306. The highest BCUT2D eigenvalue weighted by Crippen LogP contribution is 1.98. The van der Waals surface area contributed by atoms with Crippen LogP contribution in [-0.4, -0.2) is 27.1 Å². The molecule has 0 saturated heterocycles. The van der Waals surface area contributed by atoms with Crippen LogP contribution in [0.1, 0.15) is 12.6 Å². The molecule has 0 aliphatic carbocycles. The monoisotopic (exact) mass is 195 g/mol. The normalized spacial score (nSPS) is 12.9. The number of hydrogen-bond donors (Lipinski definition) is 3. The van der Waals surface area contributed by atoms with Gasteiger partial charge in [0, 0.05) is 18.3 Å². The lowest BCUT2D eigenvalue weighted by Crippen LogP contribution is -2.35. The van der Waals surface area contributed by atoms with Crippen molar-refractivity contribution in [2.24, 2.45) is 0 Å². The third kappa shape index (κ3) is 2.93. The topological polar surface area (TPSA) is 78.0 Å². The summed E-state index contributed by atoms with van der Waals surface area (Å²) in [6.45, 7) is 1.82. The number of rotatable bonds is 5. The maximum Gasteiger partial charge on any atom is 0.326 e. The highest BCUT2D eigenvalue weighted by molar-refractivity contribution is 5.73. The molecule has 1 aromatic rings. The SMILES string of the molecule is CC=CN[C@@H](Cc1cnc[nH]1)C(=O)O. The number of aromatic nitrogens is 2. The second-order valence-corrected chi connectivity index (χ2v) is 2.84. The Morgan fingerprint density at radius 3 is 3.14 bits per heavy atom. The first-order valence-corrected chi connectivity index (χ1v) is 4.31. The van der Waals surface area contributed by atoms with E-state index in [0.717, 1.165) is 5.69 Å². The number of allylic oxidation sites excluding steroid dienone is 1. The predicted octanol–water partition coefficient (Wildman–Crippen LogP) is 0.529. The zero-order valence-electron chi connectivity index (χ0n) is 7.90. The molecule has 0 spiro atoms. The number of aliphatic carboxylic acids is 1. The number of hydrogen-bond acceptors (Lipinski definition) is 3. The number of carboxylic acid groups (broad SMARTS) is 1. The van der Waals surface area contributed by atoms with E-state index in [2.05, 4.69) is 15.3 Å². The van der Waals surface area contributed by atoms with Gasteiger partial charge in [-0.1, -0.05) is 6.08 Å². The predicted molar refractivity (Wildman–Crippen MR) is 51.7 cm³/mol. The van der Waals surface area contributed by atoms with Crippen molar-refractivity contribution >= 4 is 5.97 Å². The first-order chi connectivity index (χ1) is 6.74. The number of aromatic amines is 1. The van der Waals surface area contributed by atoms with Crippen LogP contribution in [0.25, 0.3) is 0 Å². The lowest BCUT2D eigenvalue weighted by atomic mass is 10.2. The lowest BCUT2D eigenvalue weighted by molar-refractivity contribution is -0.139. The minimum atomic E-state index is -0.877. The van der Waals surface area contributed by atoms with Crippen LogP contribution in [0.5, 0.6) is 0 Å². The molecule has 1 rings (SSSR count). The van der Waals surface area contributed by atoms with Gasteiger partial charge in [0.2, 0.25) is 0 Å². The molecule has 1 atom stereocenters. The minimum Gasteiger partial charge on any atom is -0.480 e. The molecule has 0 fully saturated rings. The second-order valence-electron chi connectivity index (χ2n) is 2.84. The fraction of sp³-hybridized carbons (Fsp3) is 0.333. The molecule has 5 heteroatoms. The highest BCUT2D eigenvalue weighted by atomic mass is 16.4. The van der Waals surface area contributed by atoms with E-state index >= 15 is 0 Å². The third-order valence-corrected chi connectivity index (χ3v) is 1.74. The van der Waals surface area contributed by atoms with Crippen molar-refractivity contribution < 1.29 is 9.90 Å². The van der Waals surface area contributed by atoms with Gasteiger partial charge in [0.25, 0.3) is 0 Å². The summed E-state index contributed by atoms with van der Waals surface area (Å²) in [6.07, 6.45) is 6.91. The lowest BCUT2D eigenvalue weighted by Gasteiger charge is -2.10. The van der Waals surface area contributed by atoms with E-state index in [0.29, 0.717) is 6.42 Å². The third-order valence-electron chi connectivity index (χ3n) is 1.74. The quantitative estimate of drug-likeness (QED) is 0.640. The average molecular weight is 195 g/mol. The average Bonchev–Trinajstić information content (AvgIpc) is 2.64. The molecule has 0 bridgehead atoms. The summed E-state index contributed by atoms with van der Waals surface area (Å²) in [5.41, 5.74) is 0.800. The summed E-state index contributed by atoms with van der Waals surface area (Å²) in [5, 5.41) is 11.6. The van der Waals surface area contributed by atoms with Crippen molar-refractivity contribution in [2.45, 2.75) is 19.4 Å². The van der Waals surface area contributed by atoms with E-state index in [-0.39, 0.29) is 0 Å². The highest BCUT2D eigenvalue weighted by Gasteiger charge is 2.16. The Kier molecular flexibility index (Phi) is 3.72. The van der Waals surface area contributed by atoms with Crippen molar-refractivity contribution in [2.75, 3.05) is 0 Å². The van der Waals surface area contributed by atoms with E-state index in [1.807, 2.05) is 6.92 Å².